The van der Waals surface area contributed by atoms with Crippen LogP contribution in [0.25, 0.3) is 0 Å². The Morgan fingerprint density at radius 1 is 0.271 bits per heavy atom. The fraction of sp³-hybridized carbons (Fsp3) is 0.922. The highest BCUT2D eigenvalue weighted by atomic mass is 16.6. The monoisotopic (exact) mass is 987 g/mol. The molecule has 0 aliphatic heterocycles. The standard InChI is InChI=1S/C64H122O6/c1-4-7-10-13-16-19-21-23-25-27-29-30-31-32-33-34-35-36-38-39-41-43-45-48-51-54-57-63(66)69-60-61(59-68-62(65)56-53-50-47-18-15-12-9-6-3)70-64(67)58-55-52-49-46-44-42-40-37-28-26-24-22-20-17-14-11-8-5-2/h26,28,61H,4-25,27,29-60H2,1-3H3/b28-26-. The molecule has 0 spiro atoms. The number of unbranched alkanes of at least 4 members (excludes halogenated alkanes) is 46. The van der Waals surface area contributed by atoms with Crippen LogP contribution in [-0.2, 0) is 28.6 Å². The molecule has 6 heteroatoms. The first-order chi connectivity index (χ1) is 34.5. The Labute approximate surface area is 437 Å². The first-order valence-electron chi connectivity index (χ1n) is 31.7. The molecule has 0 fully saturated rings. The maximum atomic E-state index is 12.8. The molecule has 1 atom stereocenters. The zero-order valence-electron chi connectivity index (χ0n) is 47.6. The maximum absolute atomic E-state index is 12.8. The molecule has 0 saturated heterocycles. The molecule has 0 radical (unpaired) electrons. The molecule has 0 aromatic heterocycles. The van der Waals surface area contributed by atoms with Crippen LogP contribution in [-0.4, -0.2) is 37.2 Å². The predicted octanol–water partition coefficient (Wildman–Crippen LogP) is 21.3. The quantitative estimate of drug-likeness (QED) is 0.0261. The number of rotatable bonds is 59. The van der Waals surface area contributed by atoms with Gasteiger partial charge in [0.2, 0.25) is 0 Å². The fourth-order valence-corrected chi connectivity index (χ4v) is 9.74. The molecule has 0 aliphatic rings. The fourth-order valence-electron chi connectivity index (χ4n) is 9.74. The molecular weight excluding hydrogens is 865 g/mol. The van der Waals surface area contributed by atoms with Crippen LogP contribution >= 0.6 is 0 Å². The second-order valence-electron chi connectivity index (χ2n) is 21.7. The van der Waals surface area contributed by atoms with Crippen molar-refractivity contribution in [2.24, 2.45) is 0 Å². The number of carbonyl (C=O) groups is 3. The van der Waals surface area contributed by atoms with Gasteiger partial charge in [-0.1, -0.05) is 309 Å². The molecule has 1 unspecified atom stereocenters. The minimum atomic E-state index is -0.766. The summed E-state index contributed by atoms with van der Waals surface area (Å²) in [6, 6.07) is 0. The third-order valence-corrected chi connectivity index (χ3v) is 14.5. The van der Waals surface area contributed by atoms with Gasteiger partial charge in [-0.2, -0.15) is 0 Å². The molecule has 6 nitrogen and oxygen atoms in total. The Morgan fingerprint density at radius 2 is 0.471 bits per heavy atom. The van der Waals surface area contributed by atoms with Gasteiger partial charge in [0.15, 0.2) is 6.10 Å². The number of ether oxygens (including phenoxy) is 3. The van der Waals surface area contributed by atoms with Gasteiger partial charge in [-0.25, -0.2) is 0 Å². The lowest BCUT2D eigenvalue weighted by Crippen LogP contribution is -2.30. The zero-order chi connectivity index (χ0) is 50.7. The van der Waals surface area contributed by atoms with Crippen molar-refractivity contribution in [1.29, 1.82) is 0 Å². The minimum Gasteiger partial charge on any atom is -0.462 e. The molecule has 0 aromatic carbocycles. The van der Waals surface area contributed by atoms with Gasteiger partial charge in [0.1, 0.15) is 13.2 Å². The van der Waals surface area contributed by atoms with Crippen LogP contribution in [0.5, 0.6) is 0 Å². The molecular formula is C64H122O6. The molecule has 0 N–H and O–H groups in total. The summed E-state index contributed by atoms with van der Waals surface area (Å²) in [6.45, 7) is 6.67. The second kappa shape index (κ2) is 59.7. The second-order valence-corrected chi connectivity index (χ2v) is 21.7. The Kier molecular flexibility index (Phi) is 58.1. The molecule has 0 saturated carbocycles. The van der Waals surface area contributed by atoms with Crippen LogP contribution in [0.1, 0.15) is 361 Å². The third-order valence-electron chi connectivity index (χ3n) is 14.5. The van der Waals surface area contributed by atoms with Crippen LogP contribution in [0.4, 0.5) is 0 Å². The van der Waals surface area contributed by atoms with E-state index in [9.17, 15) is 14.4 Å². The number of hydrogen-bond donors (Lipinski definition) is 0. The van der Waals surface area contributed by atoms with Crippen molar-refractivity contribution in [2.75, 3.05) is 13.2 Å². The summed E-state index contributed by atoms with van der Waals surface area (Å²) in [7, 11) is 0. The van der Waals surface area contributed by atoms with Gasteiger partial charge < -0.3 is 14.2 Å². The van der Waals surface area contributed by atoms with E-state index in [0.717, 1.165) is 57.8 Å². The van der Waals surface area contributed by atoms with Gasteiger partial charge in [0, 0.05) is 19.3 Å². The highest BCUT2D eigenvalue weighted by molar-refractivity contribution is 5.71. The molecule has 70 heavy (non-hydrogen) atoms. The molecule has 414 valence electrons. The first kappa shape index (κ1) is 68.2. The van der Waals surface area contributed by atoms with E-state index in [4.69, 9.17) is 14.2 Å². The van der Waals surface area contributed by atoms with Gasteiger partial charge in [0.25, 0.3) is 0 Å². The Morgan fingerprint density at radius 3 is 0.714 bits per heavy atom. The van der Waals surface area contributed by atoms with Crippen LogP contribution in [0.15, 0.2) is 12.2 Å². The Hall–Kier alpha value is -1.85. The predicted molar refractivity (Wildman–Crippen MR) is 303 cm³/mol. The lowest BCUT2D eigenvalue weighted by molar-refractivity contribution is -0.167. The Balaban J connectivity index is 4.09. The van der Waals surface area contributed by atoms with E-state index in [-0.39, 0.29) is 31.1 Å². The molecule has 0 heterocycles. The first-order valence-corrected chi connectivity index (χ1v) is 31.7. The van der Waals surface area contributed by atoms with E-state index in [1.165, 1.54) is 263 Å². The minimum absolute atomic E-state index is 0.0661. The smallest absolute Gasteiger partial charge is 0.306 e. The summed E-state index contributed by atoms with van der Waals surface area (Å²) in [5, 5.41) is 0. The van der Waals surface area contributed by atoms with E-state index >= 15 is 0 Å². The summed E-state index contributed by atoms with van der Waals surface area (Å²) >= 11 is 0. The van der Waals surface area contributed by atoms with Gasteiger partial charge in [-0.3, -0.25) is 14.4 Å². The SMILES string of the molecule is CCCCCCCCC/C=C\CCCCCCCCCC(=O)OC(COC(=O)CCCCCCCCCC)COC(=O)CCCCCCCCCCCCCCCCCCCCCCCCCCCC. The highest BCUT2D eigenvalue weighted by Crippen LogP contribution is 2.18. The van der Waals surface area contributed by atoms with E-state index < -0.39 is 6.10 Å². The normalized spacial score (nSPS) is 12.0. The van der Waals surface area contributed by atoms with E-state index in [2.05, 4.69) is 32.9 Å². The molecule has 0 aromatic rings. The van der Waals surface area contributed by atoms with Crippen LogP contribution < -0.4 is 0 Å². The molecule has 0 amide bonds. The van der Waals surface area contributed by atoms with Crippen molar-refractivity contribution >= 4 is 17.9 Å². The van der Waals surface area contributed by atoms with Crippen molar-refractivity contribution in [3.63, 3.8) is 0 Å². The number of esters is 3. The molecule has 0 rings (SSSR count). The summed E-state index contributed by atoms with van der Waals surface area (Å²) in [5.41, 5.74) is 0. The van der Waals surface area contributed by atoms with Gasteiger partial charge >= 0.3 is 17.9 Å². The number of carbonyl (C=O) groups excluding carboxylic acids is 3. The highest BCUT2D eigenvalue weighted by Gasteiger charge is 2.19. The van der Waals surface area contributed by atoms with Crippen molar-refractivity contribution < 1.29 is 28.6 Å². The summed E-state index contributed by atoms with van der Waals surface area (Å²) in [5.74, 6) is -0.850. The van der Waals surface area contributed by atoms with Gasteiger partial charge in [-0.05, 0) is 44.9 Å². The third kappa shape index (κ3) is 57.1. The molecule has 0 aliphatic carbocycles. The van der Waals surface area contributed by atoms with E-state index in [1.54, 1.807) is 0 Å². The topological polar surface area (TPSA) is 78.9 Å². The summed E-state index contributed by atoms with van der Waals surface area (Å²) in [6.07, 6.45) is 69.6. The zero-order valence-corrected chi connectivity index (χ0v) is 47.6. The maximum Gasteiger partial charge on any atom is 0.306 e. The van der Waals surface area contributed by atoms with Crippen molar-refractivity contribution in [3.8, 4) is 0 Å². The lowest BCUT2D eigenvalue weighted by Gasteiger charge is -2.18. The average Bonchev–Trinajstić information content (AvgIpc) is 3.36. The van der Waals surface area contributed by atoms with Gasteiger partial charge in [-0.15, -0.1) is 0 Å². The Bertz CT molecular complexity index is 1090. The van der Waals surface area contributed by atoms with Crippen LogP contribution in [0, 0.1) is 0 Å². The van der Waals surface area contributed by atoms with E-state index in [1.807, 2.05) is 0 Å². The summed E-state index contributed by atoms with van der Waals surface area (Å²) < 4.78 is 16.9. The van der Waals surface area contributed by atoms with Crippen molar-refractivity contribution in [3.05, 3.63) is 12.2 Å². The van der Waals surface area contributed by atoms with Crippen molar-refractivity contribution in [1.82, 2.24) is 0 Å². The summed E-state index contributed by atoms with van der Waals surface area (Å²) in [4.78, 5) is 38.1. The van der Waals surface area contributed by atoms with Crippen molar-refractivity contribution in [2.45, 2.75) is 367 Å². The number of allylic oxidation sites excluding steroid dienone is 2. The largest absolute Gasteiger partial charge is 0.462 e. The molecule has 0 bridgehead atoms. The van der Waals surface area contributed by atoms with Crippen LogP contribution in [0.2, 0.25) is 0 Å². The van der Waals surface area contributed by atoms with E-state index in [0.29, 0.717) is 19.3 Å². The lowest BCUT2D eigenvalue weighted by atomic mass is 10.0. The van der Waals surface area contributed by atoms with Gasteiger partial charge in [0.05, 0.1) is 0 Å². The average molecular weight is 988 g/mol. The van der Waals surface area contributed by atoms with Crippen LogP contribution in [0.3, 0.4) is 0 Å². The number of hydrogen-bond acceptors (Lipinski definition) is 6.